The number of nitrogens with zero attached hydrogens (tertiary/aromatic N) is 1. The summed E-state index contributed by atoms with van der Waals surface area (Å²) in [5.74, 6) is -0.482. The molecule has 1 aliphatic rings. The van der Waals surface area contributed by atoms with E-state index in [4.69, 9.17) is 11.6 Å². The Morgan fingerprint density at radius 3 is 2.44 bits per heavy atom. The number of carbonyl (C=O) groups is 2. The Morgan fingerprint density at radius 1 is 1.31 bits per heavy atom. The van der Waals surface area contributed by atoms with E-state index in [2.05, 4.69) is 0 Å². The van der Waals surface area contributed by atoms with Crippen LogP contribution in [0.4, 0.5) is 0 Å². The Morgan fingerprint density at radius 2 is 1.94 bits per heavy atom. The van der Waals surface area contributed by atoms with Crippen LogP contribution in [0, 0.1) is 0 Å². The van der Waals surface area contributed by atoms with Crippen molar-refractivity contribution in [2.24, 2.45) is 0 Å². The first-order valence-corrected chi connectivity index (χ1v) is 5.60. The highest BCUT2D eigenvalue weighted by molar-refractivity contribution is 6.35. The lowest BCUT2D eigenvalue weighted by atomic mass is 10.1. The SMILES string of the molecule is C[C@@H](c1ccccc1)N1C(=O)CC(Cl)C1=O. The van der Waals surface area contributed by atoms with Crippen LogP contribution in [0.3, 0.4) is 0 Å². The van der Waals surface area contributed by atoms with Crippen LogP contribution in [0.1, 0.15) is 24.9 Å². The smallest absolute Gasteiger partial charge is 0.248 e. The number of likely N-dealkylation sites (tertiary alicyclic amines) is 1. The number of carbonyl (C=O) groups excluding carboxylic acids is 2. The fourth-order valence-corrected chi connectivity index (χ4v) is 2.14. The average molecular weight is 238 g/mol. The molecule has 1 aromatic rings. The predicted octanol–water partition coefficient (Wildman–Crippen LogP) is 2.11. The van der Waals surface area contributed by atoms with Gasteiger partial charge in [0.25, 0.3) is 0 Å². The van der Waals surface area contributed by atoms with E-state index in [0.29, 0.717) is 0 Å². The van der Waals surface area contributed by atoms with Gasteiger partial charge >= 0.3 is 0 Å². The van der Waals surface area contributed by atoms with Crippen molar-refractivity contribution in [3.8, 4) is 0 Å². The van der Waals surface area contributed by atoms with E-state index in [1.54, 1.807) is 0 Å². The van der Waals surface area contributed by atoms with Crippen LogP contribution in [0.2, 0.25) is 0 Å². The fourth-order valence-electron chi connectivity index (χ4n) is 1.90. The molecule has 2 amide bonds. The van der Waals surface area contributed by atoms with Gasteiger partial charge < -0.3 is 0 Å². The van der Waals surface area contributed by atoms with Gasteiger partial charge in [0.05, 0.1) is 12.5 Å². The summed E-state index contributed by atoms with van der Waals surface area (Å²) in [6.07, 6.45) is 0.109. The summed E-state index contributed by atoms with van der Waals surface area (Å²) in [5, 5.41) is -0.696. The maximum absolute atomic E-state index is 11.7. The van der Waals surface area contributed by atoms with Crippen LogP contribution in [0.25, 0.3) is 0 Å². The largest absolute Gasteiger partial charge is 0.274 e. The van der Waals surface area contributed by atoms with E-state index < -0.39 is 5.38 Å². The highest BCUT2D eigenvalue weighted by atomic mass is 35.5. The molecule has 84 valence electrons. The van der Waals surface area contributed by atoms with Crippen LogP contribution in [-0.2, 0) is 9.59 Å². The highest BCUT2D eigenvalue weighted by Crippen LogP contribution is 2.28. The minimum absolute atomic E-state index is 0.109. The van der Waals surface area contributed by atoms with Gasteiger partial charge in [0.2, 0.25) is 11.8 Å². The molecule has 0 bridgehead atoms. The van der Waals surface area contributed by atoms with Crippen LogP contribution in [0.15, 0.2) is 30.3 Å². The minimum Gasteiger partial charge on any atom is -0.274 e. The van der Waals surface area contributed by atoms with Gasteiger partial charge in [-0.1, -0.05) is 30.3 Å². The lowest BCUT2D eigenvalue weighted by Crippen LogP contribution is -2.33. The van der Waals surface area contributed by atoms with E-state index in [-0.39, 0.29) is 24.3 Å². The number of alkyl halides is 1. The summed E-state index contributed by atoms with van der Waals surface area (Å²) in [5.41, 5.74) is 0.940. The molecule has 1 heterocycles. The number of halogens is 1. The minimum atomic E-state index is -0.696. The van der Waals surface area contributed by atoms with Crippen LogP contribution in [-0.4, -0.2) is 22.1 Å². The quantitative estimate of drug-likeness (QED) is 0.584. The van der Waals surface area contributed by atoms with Crippen LogP contribution >= 0.6 is 11.6 Å². The standard InChI is InChI=1S/C12H12ClNO2/c1-8(9-5-3-2-4-6-9)14-11(15)7-10(13)12(14)16/h2-6,8,10H,7H2,1H3/t8-,10?/m0/s1. The Bertz CT molecular complexity index is 418. The van der Waals surface area contributed by atoms with Crippen LogP contribution in [0.5, 0.6) is 0 Å². The van der Waals surface area contributed by atoms with Crippen molar-refractivity contribution >= 4 is 23.4 Å². The van der Waals surface area contributed by atoms with Gasteiger partial charge in [-0.05, 0) is 12.5 Å². The predicted molar refractivity (Wildman–Crippen MR) is 61.0 cm³/mol. The molecule has 3 nitrogen and oxygen atoms in total. The summed E-state index contributed by atoms with van der Waals surface area (Å²) in [4.78, 5) is 24.6. The number of amides is 2. The summed E-state index contributed by atoms with van der Waals surface area (Å²) < 4.78 is 0. The zero-order valence-electron chi connectivity index (χ0n) is 8.89. The van der Waals surface area contributed by atoms with Gasteiger partial charge in [-0.15, -0.1) is 11.6 Å². The Labute approximate surface area is 99.0 Å². The van der Waals surface area contributed by atoms with Gasteiger partial charge in [-0.3, -0.25) is 14.5 Å². The first kappa shape index (κ1) is 11.1. The molecule has 1 aromatic carbocycles. The third-order valence-electron chi connectivity index (χ3n) is 2.80. The molecule has 1 saturated heterocycles. The van der Waals surface area contributed by atoms with Gasteiger partial charge in [0.1, 0.15) is 5.38 Å². The second kappa shape index (κ2) is 4.26. The van der Waals surface area contributed by atoms with Crippen molar-refractivity contribution in [1.82, 2.24) is 4.90 Å². The Kier molecular flexibility index (Phi) is 2.97. The molecular weight excluding hydrogens is 226 g/mol. The normalized spacial score (nSPS) is 22.6. The average Bonchev–Trinajstić information content (AvgIpc) is 2.54. The number of hydrogen-bond acceptors (Lipinski definition) is 2. The van der Waals surface area contributed by atoms with Gasteiger partial charge in [-0.2, -0.15) is 0 Å². The van der Waals surface area contributed by atoms with Gasteiger partial charge in [-0.25, -0.2) is 0 Å². The molecule has 1 aliphatic heterocycles. The lowest BCUT2D eigenvalue weighted by Gasteiger charge is -2.22. The van der Waals surface area contributed by atoms with E-state index in [1.165, 1.54) is 4.90 Å². The number of rotatable bonds is 2. The van der Waals surface area contributed by atoms with Crippen molar-refractivity contribution in [2.75, 3.05) is 0 Å². The van der Waals surface area contributed by atoms with Crippen molar-refractivity contribution in [3.05, 3.63) is 35.9 Å². The zero-order valence-corrected chi connectivity index (χ0v) is 9.65. The second-order valence-electron chi connectivity index (χ2n) is 3.86. The fraction of sp³-hybridized carbons (Fsp3) is 0.333. The molecule has 2 atom stereocenters. The first-order valence-electron chi connectivity index (χ1n) is 5.16. The lowest BCUT2D eigenvalue weighted by molar-refractivity contribution is -0.140. The topological polar surface area (TPSA) is 37.4 Å². The zero-order chi connectivity index (χ0) is 11.7. The van der Waals surface area contributed by atoms with E-state index in [9.17, 15) is 9.59 Å². The van der Waals surface area contributed by atoms with Gasteiger partial charge in [0, 0.05) is 0 Å². The third-order valence-corrected chi connectivity index (χ3v) is 3.14. The van der Waals surface area contributed by atoms with Crippen molar-refractivity contribution < 1.29 is 9.59 Å². The first-order chi connectivity index (χ1) is 7.61. The molecule has 0 spiro atoms. The summed E-state index contributed by atoms with van der Waals surface area (Å²) in [7, 11) is 0. The van der Waals surface area contributed by atoms with E-state index in [1.807, 2.05) is 37.3 Å². The van der Waals surface area contributed by atoms with Crippen molar-refractivity contribution in [2.45, 2.75) is 24.8 Å². The monoisotopic (exact) mass is 237 g/mol. The summed E-state index contributed by atoms with van der Waals surface area (Å²) in [6, 6.07) is 9.21. The Hall–Kier alpha value is -1.35. The molecular formula is C12H12ClNO2. The third kappa shape index (κ3) is 1.83. The molecule has 2 rings (SSSR count). The molecule has 0 N–H and O–H groups in total. The number of hydrogen-bond donors (Lipinski definition) is 0. The second-order valence-corrected chi connectivity index (χ2v) is 4.39. The summed E-state index contributed by atoms with van der Waals surface area (Å²) >= 11 is 5.77. The van der Waals surface area contributed by atoms with Crippen molar-refractivity contribution in [3.63, 3.8) is 0 Å². The molecule has 4 heteroatoms. The molecule has 0 saturated carbocycles. The molecule has 1 fully saturated rings. The molecule has 0 aromatic heterocycles. The molecule has 0 radical (unpaired) electrons. The van der Waals surface area contributed by atoms with E-state index in [0.717, 1.165) is 5.56 Å². The molecule has 16 heavy (non-hydrogen) atoms. The highest BCUT2D eigenvalue weighted by Gasteiger charge is 2.40. The molecule has 1 unspecified atom stereocenters. The number of benzene rings is 1. The van der Waals surface area contributed by atoms with Crippen molar-refractivity contribution in [1.29, 1.82) is 0 Å². The molecule has 0 aliphatic carbocycles. The maximum atomic E-state index is 11.7. The van der Waals surface area contributed by atoms with Gasteiger partial charge in [0.15, 0.2) is 0 Å². The summed E-state index contributed by atoms with van der Waals surface area (Å²) in [6.45, 7) is 1.83. The van der Waals surface area contributed by atoms with E-state index >= 15 is 0 Å². The maximum Gasteiger partial charge on any atom is 0.248 e. The Balaban J connectivity index is 2.26. The number of imide groups is 1. The van der Waals surface area contributed by atoms with Crippen LogP contribution < -0.4 is 0 Å².